The summed E-state index contributed by atoms with van der Waals surface area (Å²) in [4.78, 5) is 0. The fraction of sp³-hybridized carbons (Fsp3) is 0. The quantitative estimate of drug-likeness (QED) is 0.265. The summed E-state index contributed by atoms with van der Waals surface area (Å²) < 4.78 is 0. The van der Waals surface area contributed by atoms with Crippen LogP contribution in [0.1, 0.15) is 0 Å². The van der Waals surface area contributed by atoms with Crippen LogP contribution in [0.3, 0.4) is 0 Å². The average Bonchev–Trinajstić information content (AvgIpc) is 0. The van der Waals surface area contributed by atoms with E-state index >= 15 is 0 Å². The molecule has 0 bridgehead atoms. The molecule has 0 fully saturated rings. The minimum absolute atomic E-state index is 0. The fourth-order valence-corrected chi connectivity index (χ4v) is 0. The first-order chi connectivity index (χ1) is 0. The summed E-state index contributed by atoms with van der Waals surface area (Å²) in [7, 11) is 0. The second kappa shape index (κ2) is 40.0. The minimum atomic E-state index is 0. The van der Waals surface area contributed by atoms with E-state index < -0.39 is 0 Å². The van der Waals surface area contributed by atoms with Gasteiger partial charge >= 0.3 is 0 Å². The van der Waals surface area contributed by atoms with Gasteiger partial charge < -0.3 is 0 Å². The Kier molecular flexibility index (Phi) is 908. The second-order valence-corrected chi connectivity index (χ2v) is 0. The van der Waals surface area contributed by atoms with Gasteiger partial charge in [0, 0.05) is 21.7 Å². The molecule has 0 aromatic heterocycles. The molecule has 0 saturated heterocycles. The van der Waals surface area contributed by atoms with Crippen molar-refractivity contribution in [3.63, 3.8) is 0 Å². The molecule has 28 valence electrons. The summed E-state index contributed by atoms with van der Waals surface area (Å²) in [6.07, 6.45) is 0. The first-order valence-corrected chi connectivity index (χ1v) is 0. The van der Waals surface area contributed by atoms with Crippen LogP contribution in [0.25, 0.3) is 0 Å². The molecular formula is H12B3Ti-3. The number of hydrogen-bond acceptors (Lipinski definition) is 0. The summed E-state index contributed by atoms with van der Waals surface area (Å²) in [5.74, 6) is 0. The molecule has 0 nitrogen and oxygen atoms in total. The molecule has 0 saturated carbocycles. The van der Waals surface area contributed by atoms with Crippen molar-refractivity contribution >= 4 is 25.2 Å². The molecule has 0 rings (SSSR count). The Labute approximate surface area is 47.3 Å². The van der Waals surface area contributed by atoms with Crippen LogP contribution in [-0.2, 0) is 21.7 Å². The van der Waals surface area contributed by atoms with Gasteiger partial charge in [0.2, 0.25) is 0 Å². The molecule has 0 atom stereocenters. The summed E-state index contributed by atoms with van der Waals surface area (Å²) in [6, 6.07) is 0. The van der Waals surface area contributed by atoms with E-state index in [1.807, 2.05) is 0 Å². The van der Waals surface area contributed by atoms with Crippen molar-refractivity contribution in [2.75, 3.05) is 0 Å². The summed E-state index contributed by atoms with van der Waals surface area (Å²) in [5, 5.41) is 0. The Bertz CT molecular complexity index is 3.25. The third kappa shape index (κ3) is 12.8. The van der Waals surface area contributed by atoms with Crippen LogP contribution in [0.5, 0.6) is 0 Å². The molecule has 0 aromatic rings. The average molecular weight is 92.4 g/mol. The van der Waals surface area contributed by atoms with Crippen molar-refractivity contribution in [3.8, 4) is 0 Å². The van der Waals surface area contributed by atoms with Gasteiger partial charge in [0.15, 0.2) is 0 Å². The molecule has 0 unspecified atom stereocenters. The molecule has 0 spiro atoms. The van der Waals surface area contributed by atoms with Crippen LogP contribution in [0.15, 0.2) is 0 Å². The Balaban J connectivity index is 0. The molecular weight excluding hydrogens is 80.3 g/mol. The van der Waals surface area contributed by atoms with Gasteiger partial charge in [-0.1, -0.05) is 25.2 Å². The SMILES string of the molecule is [BH4-].[BH4-].[BH4-].[Ti]. The second-order valence-electron chi connectivity index (χ2n) is 0. The van der Waals surface area contributed by atoms with Crippen molar-refractivity contribution in [2.45, 2.75) is 0 Å². The van der Waals surface area contributed by atoms with E-state index in [1.54, 1.807) is 0 Å². The molecule has 0 aromatic carbocycles. The molecule has 4 heteroatoms. The predicted molar refractivity (Wildman–Crippen MR) is 34.0 cm³/mol. The zero-order valence-electron chi connectivity index (χ0n) is 0.500. The Morgan fingerprint density at radius 1 is 0.500 bits per heavy atom. The van der Waals surface area contributed by atoms with Gasteiger partial charge in [0.25, 0.3) is 0 Å². The van der Waals surface area contributed by atoms with E-state index in [2.05, 4.69) is 0 Å². The maximum absolute atomic E-state index is 0. The third-order valence-corrected chi connectivity index (χ3v) is 0. The zero-order chi connectivity index (χ0) is 0. The van der Waals surface area contributed by atoms with E-state index in [0.29, 0.717) is 0 Å². The van der Waals surface area contributed by atoms with Gasteiger partial charge in [0.1, 0.15) is 0 Å². The zero-order valence-corrected chi connectivity index (χ0v) is 2.06. The van der Waals surface area contributed by atoms with Crippen LogP contribution in [0.2, 0.25) is 0 Å². The number of rotatable bonds is 0. The van der Waals surface area contributed by atoms with Crippen molar-refractivity contribution in [3.05, 3.63) is 0 Å². The van der Waals surface area contributed by atoms with Crippen molar-refractivity contribution < 1.29 is 21.7 Å². The van der Waals surface area contributed by atoms with Crippen LogP contribution in [0.4, 0.5) is 0 Å². The van der Waals surface area contributed by atoms with Crippen LogP contribution in [-0.4, -0.2) is 25.2 Å². The van der Waals surface area contributed by atoms with E-state index in [9.17, 15) is 0 Å². The molecule has 0 amide bonds. The maximum atomic E-state index is 0. The Morgan fingerprint density at radius 2 is 0.500 bits per heavy atom. The van der Waals surface area contributed by atoms with E-state index in [4.69, 9.17) is 0 Å². The molecule has 0 N–H and O–H groups in total. The Morgan fingerprint density at radius 3 is 0.500 bits per heavy atom. The monoisotopic (exact) mass is 93.1 g/mol. The molecule has 0 heterocycles. The van der Waals surface area contributed by atoms with E-state index in [-0.39, 0.29) is 47.0 Å². The van der Waals surface area contributed by atoms with Gasteiger partial charge in [-0.3, -0.25) is 0 Å². The molecule has 0 aliphatic rings. The molecule has 0 aliphatic carbocycles. The van der Waals surface area contributed by atoms with Crippen molar-refractivity contribution in [1.29, 1.82) is 0 Å². The Hall–Kier alpha value is 0.909. The van der Waals surface area contributed by atoms with Crippen LogP contribution < -0.4 is 0 Å². The molecule has 0 aliphatic heterocycles. The van der Waals surface area contributed by atoms with Gasteiger partial charge in [-0.25, -0.2) is 0 Å². The number of hydrogen-bond donors (Lipinski definition) is 0. The van der Waals surface area contributed by atoms with Crippen molar-refractivity contribution in [2.24, 2.45) is 0 Å². The smallest absolute Gasteiger partial charge is 0 e. The van der Waals surface area contributed by atoms with Gasteiger partial charge in [0.05, 0.1) is 0 Å². The van der Waals surface area contributed by atoms with Crippen LogP contribution in [0, 0.1) is 0 Å². The normalized spacial score (nSPS) is 0. The summed E-state index contributed by atoms with van der Waals surface area (Å²) in [5.41, 5.74) is 0. The standard InChI is InChI=1S/3BH4.Ti/h3*1H4;/q3*-1;. The molecule has 4 heavy (non-hydrogen) atoms. The first-order valence-electron chi connectivity index (χ1n) is 0. The molecule has 0 radical (unpaired) electrons. The van der Waals surface area contributed by atoms with Gasteiger partial charge in [-0.2, -0.15) is 0 Å². The predicted octanol–water partition coefficient (Wildman–Crippen LogP) is -4.36. The maximum Gasteiger partial charge on any atom is 0 e. The largest absolute Gasteiger partial charge is 0.0626 e. The summed E-state index contributed by atoms with van der Waals surface area (Å²) >= 11 is 0. The minimum Gasteiger partial charge on any atom is -0.0626 e. The summed E-state index contributed by atoms with van der Waals surface area (Å²) in [6.45, 7) is 0. The van der Waals surface area contributed by atoms with Gasteiger partial charge in [-0.05, 0) is 0 Å². The van der Waals surface area contributed by atoms with Crippen LogP contribution >= 0.6 is 0 Å². The third-order valence-electron chi connectivity index (χ3n) is 0. The van der Waals surface area contributed by atoms with Crippen molar-refractivity contribution in [1.82, 2.24) is 0 Å². The fourth-order valence-electron chi connectivity index (χ4n) is 0. The van der Waals surface area contributed by atoms with E-state index in [1.165, 1.54) is 0 Å². The topological polar surface area (TPSA) is 0 Å². The first kappa shape index (κ1) is 90.8. The van der Waals surface area contributed by atoms with E-state index in [0.717, 1.165) is 0 Å². The van der Waals surface area contributed by atoms with Gasteiger partial charge in [-0.15, -0.1) is 0 Å².